The van der Waals surface area contributed by atoms with Crippen LogP contribution in [0.5, 0.6) is 0 Å². The number of hydrogen-bond donors (Lipinski definition) is 1. The van der Waals surface area contributed by atoms with Crippen LogP contribution in [0.1, 0.15) is 18.9 Å². The molecule has 0 bridgehead atoms. The van der Waals surface area contributed by atoms with E-state index in [1.807, 2.05) is 30.3 Å². The molecule has 0 radical (unpaired) electrons. The number of nitrogens with one attached hydrogen (secondary N) is 1. The lowest BCUT2D eigenvalue weighted by Crippen LogP contribution is -2.30. The van der Waals surface area contributed by atoms with Crippen molar-refractivity contribution in [3.8, 4) is 0 Å². The first kappa shape index (κ1) is 18.3. The average Bonchev–Trinajstić information content (AvgIpc) is 2.56. The number of anilines is 1. The topological polar surface area (TPSA) is 55.4 Å². The van der Waals surface area contributed by atoms with E-state index in [2.05, 4.69) is 5.32 Å². The van der Waals surface area contributed by atoms with Crippen LogP contribution in [-0.2, 0) is 20.7 Å². The maximum absolute atomic E-state index is 12.1. The largest absolute Gasteiger partial charge is 0.453 e. The number of esters is 1. The number of benzene rings is 2. The Kier molecular flexibility index (Phi) is 6.64. The molecule has 2 rings (SSSR count). The lowest BCUT2D eigenvalue weighted by molar-refractivity contribution is -0.153. The molecule has 1 amide bonds. The zero-order chi connectivity index (χ0) is 17.5. The van der Waals surface area contributed by atoms with E-state index in [-0.39, 0.29) is 6.42 Å². The molecule has 2 aromatic carbocycles. The summed E-state index contributed by atoms with van der Waals surface area (Å²) < 4.78 is 5.15. The highest BCUT2D eigenvalue weighted by molar-refractivity contribution is 6.36. The minimum absolute atomic E-state index is 0.212. The molecular formula is C18H17Cl2NO3. The summed E-state index contributed by atoms with van der Waals surface area (Å²) in [6.07, 6.45) is -0.139. The van der Waals surface area contributed by atoms with Crippen LogP contribution in [0.15, 0.2) is 48.5 Å². The zero-order valence-electron chi connectivity index (χ0n) is 13.1. The molecule has 0 spiro atoms. The van der Waals surface area contributed by atoms with Crippen molar-refractivity contribution < 1.29 is 14.3 Å². The van der Waals surface area contributed by atoms with Crippen molar-refractivity contribution >= 4 is 40.8 Å². The van der Waals surface area contributed by atoms with Gasteiger partial charge in [-0.25, -0.2) is 0 Å². The predicted molar refractivity (Wildman–Crippen MR) is 95.4 cm³/mol. The maximum Gasteiger partial charge on any atom is 0.306 e. The van der Waals surface area contributed by atoms with Crippen molar-refractivity contribution in [3.05, 3.63) is 64.1 Å². The minimum Gasteiger partial charge on any atom is -0.453 e. The summed E-state index contributed by atoms with van der Waals surface area (Å²) in [4.78, 5) is 23.9. The first-order chi connectivity index (χ1) is 11.5. The van der Waals surface area contributed by atoms with Crippen LogP contribution in [0.4, 0.5) is 5.69 Å². The van der Waals surface area contributed by atoms with E-state index in [0.717, 1.165) is 5.56 Å². The quantitative estimate of drug-likeness (QED) is 0.766. The number of aryl methyl sites for hydroxylation is 1. The van der Waals surface area contributed by atoms with E-state index in [0.29, 0.717) is 22.2 Å². The van der Waals surface area contributed by atoms with Crippen molar-refractivity contribution in [2.24, 2.45) is 0 Å². The van der Waals surface area contributed by atoms with Gasteiger partial charge in [0.25, 0.3) is 5.91 Å². The number of carbonyl (C=O) groups is 2. The van der Waals surface area contributed by atoms with Crippen LogP contribution in [0.25, 0.3) is 0 Å². The van der Waals surface area contributed by atoms with E-state index in [4.69, 9.17) is 27.9 Å². The summed E-state index contributed by atoms with van der Waals surface area (Å²) in [6, 6.07) is 14.3. The Labute approximate surface area is 150 Å². The van der Waals surface area contributed by atoms with Crippen LogP contribution < -0.4 is 5.32 Å². The molecule has 0 aromatic heterocycles. The summed E-state index contributed by atoms with van der Waals surface area (Å²) in [5.41, 5.74) is 1.46. The third-order valence-corrected chi connectivity index (χ3v) is 3.87. The van der Waals surface area contributed by atoms with Crippen molar-refractivity contribution in [1.29, 1.82) is 0 Å². The monoisotopic (exact) mass is 365 g/mol. The molecule has 0 aliphatic heterocycles. The Bertz CT molecular complexity index is 719. The Morgan fingerprint density at radius 1 is 1.12 bits per heavy atom. The molecule has 0 aliphatic carbocycles. The van der Waals surface area contributed by atoms with Gasteiger partial charge < -0.3 is 10.1 Å². The minimum atomic E-state index is -0.917. The van der Waals surface area contributed by atoms with Crippen molar-refractivity contribution in [2.45, 2.75) is 25.9 Å². The van der Waals surface area contributed by atoms with Gasteiger partial charge in [0, 0.05) is 11.4 Å². The predicted octanol–water partition coefficient (Wildman–Crippen LogP) is 4.50. The Morgan fingerprint density at radius 3 is 2.50 bits per heavy atom. The lowest BCUT2D eigenvalue weighted by Gasteiger charge is -2.14. The molecular weight excluding hydrogens is 349 g/mol. The second-order valence-electron chi connectivity index (χ2n) is 5.23. The summed E-state index contributed by atoms with van der Waals surface area (Å²) >= 11 is 11.8. The van der Waals surface area contributed by atoms with Crippen molar-refractivity contribution in [1.82, 2.24) is 0 Å². The molecule has 24 heavy (non-hydrogen) atoms. The van der Waals surface area contributed by atoms with E-state index >= 15 is 0 Å². The van der Waals surface area contributed by atoms with Gasteiger partial charge in [-0.2, -0.15) is 0 Å². The molecule has 126 valence electrons. The molecule has 0 aliphatic rings. The summed E-state index contributed by atoms with van der Waals surface area (Å²) in [6.45, 7) is 1.51. The Morgan fingerprint density at radius 2 is 1.83 bits per heavy atom. The van der Waals surface area contributed by atoms with Crippen LogP contribution in [0.2, 0.25) is 10.0 Å². The normalized spacial score (nSPS) is 11.6. The second-order valence-corrected chi connectivity index (χ2v) is 6.07. The summed E-state index contributed by atoms with van der Waals surface area (Å²) in [7, 11) is 0. The van der Waals surface area contributed by atoms with Gasteiger partial charge in [0.1, 0.15) is 0 Å². The van der Waals surface area contributed by atoms with Gasteiger partial charge in [-0.1, -0.05) is 53.5 Å². The average molecular weight is 366 g/mol. The molecule has 0 saturated carbocycles. The highest BCUT2D eigenvalue weighted by Gasteiger charge is 2.18. The first-order valence-corrected chi connectivity index (χ1v) is 8.20. The number of rotatable bonds is 6. The summed E-state index contributed by atoms with van der Waals surface area (Å²) in [5, 5.41) is 3.40. The van der Waals surface area contributed by atoms with Gasteiger partial charge in [0.15, 0.2) is 6.10 Å². The Hall–Kier alpha value is -2.04. The molecule has 1 atom stereocenters. The molecule has 1 unspecified atom stereocenters. The fourth-order valence-corrected chi connectivity index (χ4v) is 2.48. The highest BCUT2D eigenvalue weighted by atomic mass is 35.5. The van der Waals surface area contributed by atoms with Gasteiger partial charge in [-0.05, 0) is 37.1 Å². The van der Waals surface area contributed by atoms with Crippen LogP contribution >= 0.6 is 23.2 Å². The Balaban J connectivity index is 1.83. The lowest BCUT2D eigenvalue weighted by atomic mass is 10.1. The van der Waals surface area contributed by atoms with Gasteiger partial charge >= 0.3 is 5.97 Å². The number of carbonyl (C=O) groups excluding carboxylic acids is 2. The smallest absolute Gasteiger partial charge is 0.306 e. The summed E-state index contributed by atoms with van der Waals surface area (Å²) in [5.74, 6) is -0.879. The third kappa shape index (κ3) is 5.55. The molecule has 6 heteroatoms. The van der Waals surface area contributed by atoms with Crippen LogP contribution in [-0.4, -0.2) is 18.0 Å². The maximum atomic E-state index is 12.1. The van der Waals surface area contributed by atoms with Crippen molar-refractivity contribution in [2.75, 3.05) is 5.32 Å². The highest BCUT2D eigenvalue weighted by Crippen LogP contribution is 2.25. The van der Waals surface area contributed by atoms with Crippen LogP contribution in [0, 0.1) is 0 Å². The molecule has 0 heterocycles. The zero-order valence-corrected chi connectivity index (χ0v) is 14.6. The SMILES string of the molecule is CC(OC(=O)CCc1ccccc1)C(=O)Nc1ccc(Cl)cc1Cl. The number of halogens is 2. The van der Waals surface area contributed by atoms with Crippen LogP contribution in [0.3, 0.4) is 0 Å². The second kappa shape index (κ2) is 8.71. The number of ether oxygens (including phenoxy) is 1. The number of hydrogen-bond acceptors (Lipinski definition) is 3. The fourth-order valence-electron chi connectivity index (χ4n) is 2.03. The van der Waals surface area contributed by atoms with Gasteiger partial charge in [-0.15, -0.1) is 0 Å². The van der Waals surface area contributed by atoms with Gasteiger partial charge in [-0.3, -0.25) is 9.59 Å². The molecule has 1 N–H and O–H groups in total. The van der Waals surface area contributed by atoms with Gasteiger partial charge in [0.2, 0.25) is 0 Å². The van der Waals surface area contributed by atoms with Gasteiger partial charge in [0.05, 0.1) is 10.7 Å². The third-order valence-electron chi connectivity index (χ3n) is 3.33. The fraction of sp³-hybridized carbons (Fsp3) is 0.222. The van der Waals surface area contributed by atoms with Crippen molar-refractivity contribution in [3.63, 3.8) is 0 Å². The van der Waals surface area contributed by atoms with E-state index in [1.165, 1.54) is 13.0 Å². The first-order valence-electron chi connectivity index (χ1n) is 7.45. The van der Waals surface area contributed by atoms with E-state index in [9.17, 15) is 9.59 Å². The standard InChI is InChI=1S/C18H17Cl2NO3/c1-12(18(23)21-16-9-8-14(19)11-15(16)20)24-17(22)10-7-13-5-3-2-4-6-13/h2-6,8-9,11-12H,7,10H2,1H3,(H,21,23). The molecule has 2 aromatic rings. The molecule has 0 saturated heterocycles. The number of amides is 1. The van der Waals surface area contributed by atoms with E-state index < -0.39 is 18.0 Å². The molecule has 4 nitrogen and oxygen atoms in total. The molecule has 0 fully saturated rings. The van der Waals surface area contributed by atoms with E-state index in [1.54, 1.807) is 12.1 Å².